The van der Waals surface area contributed by atoms with E-state index in [1.165, 1.54) is 5.56 Å². The smallest absolute Gasteiger partial charge is 0.142 e. The largest absolute Gasteiger partial charge is 0.486 e. The standard InChI is InChI=1S/C11H15NO/c1-3-9-7-12-10-6-8(2)4-5-11(10)13-9/h4-6,9,12H,3,7H2,1-2H3. The maximum absolute atomic E-state index is 5.77. The molecule has 70 valence electrons. The summed E-state index contributed by atoms with van der Waals surface area (Å²) < 4.78 is 5.77. The van der Waals surface area contributed by atoms with Crippen LogP contribution in [0.3, 0.4) is 0 Å². The minimum Gasteiger partial charge on any atom is -0.486 e. The number of ether oxygens (including phenoxy) is 1. The lowest BCUT2D eigenvalue weighted by atomic mass is 10.1. The monoisotopic (exact) mass is 177 g/mol. The zero-order valence-corrected chi connectivity index (χ0v) is 8.13. The van der Waals surface area contributed by atoms with Crippen molar-refractivity contribution >= 4 is 5.69 Å². The Bertz CT molecular complexity index is 309. The number of hydrogen-bond donors (Lipinski definition) is 1. The number of aryl methyl sites for hydroxylation is 1. The van der Waals surface area contributed by atoms with E-state index in [1.54, 1.807) is 0 Å². The molecule has 13 heavy (non-hydrogen) atoms. The van der Waals surface area contributed by atoms with Crippen molar-refractivity contribution < 1.29 is 4.74 Å². The third-order valence-corrected chi connectivity index (χ3v) is 2.40. The normalized spacial score (nSPS) is 20.0. The number of hydrogen-bond acceptors (Lipinski definition) is 2. The van der Waals surface area contributed by atoms with Crippen molar-refractivity contribution in [3.8, 4) is 5.75 Å². The number of fused-ring (bicyclic) bond motifs is 1. The molecule has 0 aliphatic carbocycles. The van der Waals surface area contributed by atoms with E-state index in [0.29, 0.717) is 6.10 Å². The van der Waals surface area contributed by atoms with Crippen LogP contribution in [0, 0.1) is 6.92 Å². The molecule has 1 aromatic carbocycles. The van der Waals surface area contributed by atoms with Gasteiger partial charge in [-0.05, 0) is 31.0 Å². The van der Waals surface area contributed by atoms with Crippen LogP contribution in [0.5, 0.6) is 5.75 Å². The van der Waals surface area contributed by atoms with E-state index in [9.17, 15) is 0 Å². The zero-order chi connectivity index (χ0) is 9.26. The fraction of sp³-hybridized carbons (Fsp3) is 0.455. The lowest BCUT2D eigenvalue weighted by molar-refractivity contribution is 0.202. The average molecular weight is 177 g/mol. The van der Waals surface area contributed by atoms with Crippen molar-refractivity contribution in [1.29, 1.82) is 0 Å². The molecule has 0 saturated heterocycles. The van der Waals surface area contributed by atoms with Crippen LogP contribution >= 0.6 is 0 Å². The topological polar surface area (TPSA) is 21.3 Å². The van der Waals surface area contributed by atoms with E-state index in [2.05, 4.69) is 31.3 Å². The molecule has 2 rings (SSSR count). The van der Waals surface area contributed by atoms with Crippen LogP contribution in [-0.2, 0) is 0 Å². The van der Waals surface area contributed by atoms with Crippen LogP contribution in [0.4, 0.5) is 5.69 Å². The van der Waals surface area contributed by atoms with Gasteiger partial charge in [0.2, 0.25) is 0 Å². The van der Waals surface area contributed by atoms with Gasteiger partial charge in [0.05, 0.1) is 12.2 Å². The van der Waals surface area contributed by atoms with Crippen molar-refractivity contribution in [1.82, 2.24) is 0 Å². The minimum atomic E-state index is 0.329. The van der Waals surface area contributed by atoms with E-state index < -0.39 is 0 Å². The van der Waals surface area contributed by atoms with Gasteiger partial charge >= 0.3 is 0 Å². The van der Waals surface area contributed by atoms with Crippen LogP contribution in [0.1, 0.15) is 18.9 Å². The minimum absolute atomic E-state index is 0.329. The molecule has 1 aliphatic rings. The van der Waals surface area contributed by atoms with E-state index in [-0.39, 0.29) is 0 Å². The number of nitrogens with one attached hydrogen (secondary N) is 1. The Morgan fingerprint density at radius 1 is 1.54 bits per heavy atom. The summed E-state index contributed by atoms with van der Waals surface area (Å²) in [5.41, 5.74) is 2.40. The Hall–Kier alpha value is -1.18. The molecule has 0 saturated carbocycles. The van der Waals surface area contributed by atoms with E-state index >= 15 is 0 Å². The maximum atomic E-state index is 5.77. The highest BCUT2D eigenvalue weighted by Crippen LogP contribution is 2.30. The van der Waals surface area contributed by atoms with Crippen LogP contribution in [0.2, 0.25) is 0 Å². The van der Waals surface area contributed by atoms with E-state index in [1.807, 2.05) is 6.07 Å². The first-order valence-corrected chi connectivity index (χ1v) is 4.81. The SMILES string of the molecule is CCC1CNc2cc(C)ccc2O1. The predicted molar refractivity (Wildman–Crippen MR) is 54.4 cm³/mol. The van der Waals surface area contributed by atoms with Gasteiger partial charge in [-0.1, -0.05) is 13.0 Å². The predicted octanol–water partition coefficient (Wildman–Crippen LogP) is 2.58. The molecule has 1 unspecified atom stereocenters. The van der Waals surface area contributed by atoms with E-state index in [0.717, 1.165) is 24.4 Å². The van der Waals surface area contributed by atoms with Crippen LogP contribution < -0.4 is 10.1 Å². The van der Waals surface area contributed by atoms with Gasteiger partial charge in [0.25, 0.3) is 0 Å². The third kappa shape index (κ3) is 1.62. The Labute approximate surface area is 78.9 Å². The van der Waals surface area contributed by atoms with Gasteiger partial charge in [-0.15, -0.1) is 0 Å². The first-order valence-electron chi connectivity index (χ1n) is 4.81. The van der Waals surface area contributed by atoms with Crippen molar-refractivity contribution in [2.75, 3.05) is 11.9 Å². The maximum Gasteiger partial charge on any atom is 0.142 e. The van der Waals surface area contributed by atoms with Crippen LogP contribution in [-0.4, -0.2) is 12.6 Å². The van der Waals surface area contributed by atoms with Crippen molar-refractivity contribution in [3.05, 3.63) is 23.8 Å². The highest BCUT2D eigenvalue weighted by molar-refractivity contribution is 5.59. The molecule has 1 atom stereocenters. The van der Waals surface area contributed by atoms with Crippen molar-refractivity contribution in [3.63, 3.8) is 0 Å². The lowest BCUT2D eigenvalue weighted by Crippen LogP contribution is -2.29. The van der Waals surface area contributed by atoms with E-state index in [4.69, 9.17) is 4.74 Å². The summed E-state index contributed by atoms with van der Waals surface area (Å²) >= 11 is 0. The van der Waals surface area contributed by atoms with Gasteiger partial charge in [-0.2, -0.15) is 0 Å². The lowest BCUT2D eigenvalue weighted by Gasteiger charge is -2.26. The number of rotatable bonds is 1. The van der Waals surface area contributed by atoms with Gasteiger partial charge in [0.15, 0.2) is 0 Å². The molecule has 0 aromatic heterocycles. The molecule has 0 amide bonds. The van der Waals surface area contributed by atoms with Gasteiger partial charge in [-0.25, -0.2) is 0 Å². The highest BCUT2D eigenvalue weighted by Gasteiger charge is 2.16. The fourth-order valence-electron chi connectivity index (χ4n) is 1.56. The second-order valence-electron chi connectivity index (χ2n) is 3.53. The zero-order valence-electron chi connectivity index (χ0n) is 8.13. The third-order valence-electron chi connectivity index (χ3n) is 2.40. The first-order chi connectivity index (χ1) is 6.29. The van der Waals surface area contributed by atoms with Gasteiger partial charge in [0.1, 0.15) is 11.9 Å². The Kier molecular flexibility index (Phi) is 2.13. The molecule has 2 nitrogen and oxygen atoms in total. The Morgan fingerprint density at radius 2 is 2.38 bits per heavy atom. The molecule has 1 aliphatic heterocycles. The summed E-state index contributed by atoms with van der Waals surface area (Å²) in [6, 6.07) is 6.25. The average Bonchev–Trinajstić information content (AvgIpc) is 2.17. The van der Waals surface area contributed by atoms with Gasteiger partial charge < -0.3 is 10.1 Å². The summed E-state index contributed by atoms with van der Waals surface area (Å²) in [4.78, 5) is 0. The second kappa shape index (κ2) is 3.29. The quantitative estimate of drug-likeness (QED) is 0.711. The molecular formula is C11H15NO. The fourth-order valence-corrected chi connectivity index (χ4v) is 1.56. The Balaban J connectivity index is 2.26. The Morgan fingerprint density at radius 3 is 3.15 bits per heavy atom. The van der Waals surface area contributed by atoms with Crippen LogP contribution in [0.25, 0.3) is 0 Å². The van der Waals surface area contributed by atoms with Crippen LogP contribution in [0.15, 0.2) is 18.2 Å². The first kappa shape index (κ1) is 8.42. The molecule has 1 aromatic rings. The van der Waals surface area contributed by atoms with Gasteiger partial charge in [0, 0.05) is 0 Å². The molecule has 0 spiro atoms. The summed E-state index contributed by atoms with van der Waals surface area (Å²) in [6.45, 7) is 5.16. The molecule has 1 N–H and O–H groups in total. The molecule has 1 heterocycles. The number of anilines is 1. The molecule has 2 heteroatoms. The van der Waals surface area contributed by atoms with Gasteiger partial charge in [-0.3, -0.25) is 0 Å². The van der Waals surface area contributed by atoms with Crippen molar-refractivity contribution in [2.24, 2.45) is 0 Å². The molecular weight excluding hydrogens is 162 g/mol. The second-order valence-corrected chi connectivity index (χ2v) is 3.53. The van der Waals surface area contributed by atoms with Crippen molar-refractivity contribution in [2.45, 2.75) is 26.4 Å². The summed E-state index contributed by atoms with van der Waals surface area (Å²) in [5, 5.41) is 3.38. The summed E-state index contributed by atoms with van der Waals surface area (Å²) in [6.07, 6.45) is 1.38. The highest BCUT2D eigenvalue weighted by atomic mass is 16.5. The summed E-state index contributed by atoms with van der Waals surface area (Å²) in [5.74, 6) is 0.990. The molecule has 0 fully saturated rings. The molecule has 0 radical (unpaired) electrons. The summed E-state index contributed by atoms with van der Waals surface area (Å²) in [7, 11) is 0. The number of benzene rings is 1. The molecule has 0 bridgehead atoms.